The average molecular weight is 343 g/mol. The Morgan fingerprint density at radius 2 is 1.76 bits per heavy atom. The third kappa shape index (κ3) is 4.60. The van der Waals surface area contributed by atoms with Gasteiger partial charge >= 0.3 is 0 Å². The lowest BCUT2D eigenvalue weighted by molar-refractivity contribution is -0.137. The number of para-hydroxylation sites is 1. The number of hydrogen-bond donors (Lipinski definition) is 0. The number of hydrogen-bond acceptors (Lipinski definition) is 3. The summed E-state index contributed by atoms with van der Waals surface area (Å²) in [5.74, 6) is 0.125. The van der Waals surface area contributed by atoms with Crippen LogP contribution >= 0.6 is 0 Å². The summed E-state index contributed by atoms with van der Waals surface area (Å²) in [5, 5.41) is 0. The first-order chi connectivity index (χ1) is 12.1. The number of anilines is 1. The topological polar surface area (TPSA) is 43.9 Å². The quantitative estimate of drug-likeness (QED) is 0.825. The molecule has 0 unspecified atom stereocenters. The molecule has 25 heavy (non-hydrogen) atoms. The molecule has 0 N–H and O–H groups in total. The van der Waals surface area contributed by atoms with Crippen molar-refractivity contribution in [2.45, 2.75) is 45.1 Å². The zero-order chi connectivity index (χ0) is 17.6. The second kappa shape index (κ2) is 8.48. The fourth-order valence-electron chi connectivity index (χ4n) is 3.80. The zero-order valence-electron chi connectivity index (χ0n) is 15.2. The van der Waals surface area contributed by atoms with E-state index in [1.165, 1.54) is 19.3 Å². The summed E-state index contributed by atoms with van der Waals surface area (Å²) >= 11 is 0. The van der Waals surface area contributed by atoms with Gasteiger partial charge in [-0.05, 0) is 51.4 Å². The number of rotatable bonds is 5. The average Bonchev–Trinajstić information content (AvgIpc) is 2.67. The van der Waals surface area contributed by atoms with Crippen molar-refractivity contribution in [3.05, 3.63) is 30.3 Å². The number of likely N-dealkylation sites (tertiary alicyclic amines) is 1. The van der Waals surface area contributed by atoms with E-state index in [1.807, 2.05) is 30.3 Å². The van der Waals surface area contributed by atoms with Crippen LogP contribution in [0.4, 0.5) is 5.69 Å². The molecule has 2 amide bonds. The van der Waals surface area contributed by atoms with Gasteiger partial charge in [0.15, 0.2) is 0 Å². The van der Waals surface area contributed by atoms with Gasteiger partial charge in [0.2, 0.25) is 11.8 Å². The molecule has 136 valence electrons. The molecule has 0 radical (unpaired) electrons. The van der Waals surface area contributed by atoms with Crippen molar-refractivity contribution in [1.29, 1.82) is 0 Å². The molecule has 2 heterocycles. The first-order valence-electron chi connectivity index (χ1n) is 9.52. The Labute approximate surface area is 150 Å². The Morgan fingerprint density at radius 3 is 2.44 bits per heavy atom. The minimum atomic E-state index is 0.00915. The van der Waals surface area contributed by atoms with Crippen LogP contribution in [0, 0.1) is 0 Å². The largest absolute Gasteiger partial charge is 0.332 e. The van der Waals surface area contributed by atoms with E-state index in [-0.39, 0.29) is 18.4 Å². The van der Waals surface area contributed by atoms with Crippen LogP contribution in [0.3, 0.4) is 0 Å². The Balaban J connectivity index is 1.46. The summed E-state index contributed by atoms with van der Waals surface area (Å²) in [6.45, 7) is 5.93. The molecule has 5 heteroatoms. The van der Waals surface area contributed by atoms with Crippen molar-refractivity contribution in [3.8, 4) is 0 Å². The van der Waals surface area contributed by atoms with Gasteiger partial charge in [-0.25, -0.2) is 0 Å². The highest BCUT2D eigenvalue weighted by molar-refractivity contribution is 5.97. The van der Waals surface area contributed by atoms with E-state index in [1.54, 1.807) is 9.80 Å². The van der Waals surface area contributed by atoms with Gasteiger partial charge in [-0.15, -0.1) is 0 Å². The molecule has 0 saturated carbocycles. The predicted molar refractivity (Wildman–Crippen MR) is 99.5 cm³/mol. The third-order valence-corrected chi connectivity index (χ3v) is 5.43. The van der Waals surface area contributed by atoms with E-state index in [2.05, 4.69) is 11.8 Å². The molecular weight excluding hydrogens is 314 g/mol. The van der Waals surface area contributed by atoms with Crippen LogP contribution < -0.4 is 4.90 Å². The van der Waals surface area contributed by atoms with Gasteiger partial charge < -0.3 is 14.7 Å². The lowest BCUT2D eigenvalue weighted by Crippen LogP contribution is -2.52. The fourth-order valence-corrected chi connectivity index (χ4v) is 3.80. The molecule has 2 saturated heterocycles. The first-order valence-corrected chi connectivity index (χ1v) is 9.52. The van der Waals surface area contributed by atoms with Crippen LogP contribution in [0.2, 0.25) is 0 Å². The fraction of sp³-hybridized carbons (Fsp3) is 0.600. The summed E-state index contributed by atoms with van der Waals surface area (Å²) in [6.07, 6.45) is 5.29. The molecule has 1 atom stereocenters. The van der Waals surface area contributed by atoms with Crippen LogP contribution in [0.25, 0.3) is 0 Å². The molecule has 0 aliphatic carbocycles. The van der Waals surface area contributed by atoms with Crippen molar-refractivity contribution in [3.63, 3.8) is 0 Å². The lowest BCUT2D eigenvalue weighted by Gasteiger charge is -2.35. The molecule has 0 aromatic heterocycles. The van der Waals surface area contributed by atoms with Crippen LogP contribution in [-0.4, -0.2) is 60.4 Å². The molecule has 0 bridgehead atoms. The maximum atomic E-state index is 12.5. The summed E-state index contributed by atoms with van der Waals surface area (Å²) in [5.41, 5.74) is 0.915. The number of piperazine rings is 1. The van der Waals surface area contributed by atoms with Gasteiger partial charge in [-0.3, -0.25) is 9.59 Å². The predicted octanol–water partition coefficient (Wildman–Crippen LogP) is 2.52. The van der Waals surface area contributed by atoms with Crippen molar-refractivity contribution in [1.82, 2.24) is 9.80 Å². The van der Waals surface area contributed by atoms with E-state index in [4.69, 9.17) is 0 Å². The molecule has 1 aromatic carbocycles. The summed E-state index contributed by atoms with van der Waals surface area (Å²) in [6, 6.07) is 10.1. The van der Waals surface area contributed by atoms with Crippen LogP contribution in [0.15, 0.2) is 30.3 Å². The Bertz CT molecular complexity index is 584. The molecule has 5 nitrogen and oxygen atoms in total. The molecule has 2 aliphatic heterocycles. The normalized spacial score (nSPS) is 20.6. The Hall–Kier alpha value is -1.88. The van der Waals surface area contributed by atoms with Gasteiger partial charge in [0.1, 0.15) is 6.54 Å². The monoisotopic (exact) mass is 343 g/mol. The van der Waals surface area contributed by atoms with E-state index >= 15 is 0 Å². The zero-order valence-corrected chi connectivity index (χ0v) is 15.2. The van der Waals surface area contributed by atoms with Crippen molar-refractivity contribution >= 4 is 17.5 Å². The SMILES string of the molecule is C[C@@H](CCC(=O)N1CCN(c2ccccc2)C(=O)C1)N1CCCCC1. The molecule has 1 aromatic rings. The molecular formula is C20H29N3O2. The van der Waals surface area contributed by atoms with Crippen LogP contribution in [0.1, 0.15) is 39.0 Å². The van der Waals surface area contributed by atoms with Crippen molar-refractivity contribution < 1.29 is 9.59 Å². The maximum absolute atomic E-state index is 12.5. The van der Waals surface area contributed by atoms with Crippen LogP contribution in [0.5, 0.6) is 0 Å². The molecule has 2 fully saturated rings. The lowest BCUT2D eigenvalue weighted by atomic mass is 10.1. The van der Waals surface area contributed by atoms with E-state index in [9.17, 15) is 9.59 Å². The number of carbonyl (C=O) groups is 2. The minimum absolute atomic E-state index is 0.00915. The summed E-state index contributed by atoms with van der Waals surface area (Å²) < 4.78 is 0. The number of benzene rings is 1. The smallest absolute Gasteiger partial charge is 0.246 e. The maximum Gasteiger partial charge on any atom is 0.246 e. The second-order valence-electron chi connectivity index (χ2n) is 7.18. The highest BCUT2D eigenvalue weighted by atomic mass is 16.2. The summed E-state index contributed by atoms with van der Waals surface area (Å²) in [7, 11) is 0. The van der Waals surface area contributed by atoms with Gasteiger partial charge in [-0.2, -0.15) is 0 Å². The van der Waals surface area contributed by atoms with Crippen molar-refractivity contribution in [2.75, 3.05) is 37.6 Å². The number of carbonyl (C=O) groups excluding carboxylic acids is 2. The first kappa shape index (κ1) is 17.9. The molecule has 3 rings (SSSR count). The minimum Gasteiger partial charge on any atom is -0.332 e. The van der Waals surface area contributed by atoms with Gasteiger partial charge in [0, 0.05) is 31.2 Å². The number of nitrogens with zero attached hydrogens (tertiary/aromatic N) is 3. The van der Waals surface area contributed by atoms with Gasteiger partial charge in [0.25, 0.3) is 0 Å². The number of amides is 2. The van der Waals surface area contributed by atoms with E-state index in [0.29, 0.717) is 25.6 Å². The Kier molecular flexibility index (Phi) is 6.08. The van der Waals surface area contributed by atoms with Crippen molar-refractivity contribution in [2.24, 2.45) is 0 Å². The van der Waals surface area contributed by atoms with E-state index in [0.717, 1.165) is 25.2 Å². The molecule has 2 aliphatic rings. The highest BCUT2D eigenvalue weighted by Gasteiger charge is 2.28. The van der Waals surface area contributed by atoms with E-state index < -0.39 is 0 Å². The highest BCUT2D eigenvalue weighted by Crippen LogP contribution is 2.18. The van der Waals surface area contributed by atoms with Crippen LogP contribution in [-0.2, 0) is 9.59 Å². The summed E-state index contributed by atoms with van der Waals surface area (Å²) in [4.78, 5) is 30.9. The van der Waals surface area contributed by atoms with Gasteiger partial charge in [0.05, 0.1) is 0 Å². The van der Waals surface area contributed by atoms with Gasteiger partial charge in [-0.1, -0.05) is 24.6 Å². The standard InChI is InChI=1S/C20H29N3O2/c1-17(21-12-6-3-7-13-21)10-11-19(24)22-14-15-23(20(25)16-22)18-8-4-2-5-9-18/h2,4-5,8-9,17H,3,6-7,10-16H2,1H3/t17-/m0/s1. The molecule has 0 spiro atoms. The number of piperidine rings is 1. The Morgan fingerprint density at radius 1 is 1.04 bits per heavy atom. The second-order valence-corrected chi connectivity index (χ2v) is 7.18. The third-order valence-electron chi connectivity index (χ3n) is 5.43.